The second kappa shape index (κ2) is 7.28. The van der Waals surface area contributed by atoms with Gasteiger partial charge in [0.2, 0.25) is 0 Å². The first kappa shape index (κ1) is 16.8. The van der Waals surface area contributed by atoms with E-state index in [1.165, 1.54) is 17.5 Å². The van der Waals surface area contributed by atoms with Crippen LogP contribution in [-0.2, 0) is 6.42 Å². The van der Waals surface area contributed by atoms with E-state index in [0.29, 0.717) is 11.5 Å². The number of rotatable bonds is 4. The van der Waals surface area contributed by atoms with Crippen molar-refractivity contribution in [3.63, 3.8) is 0 Å². The third-order valence-electron chi connectivity index (χ3n) is 5.43. The number of aromatic amines is 1. The van der Waals surface area contributed by atoms with Gasteiger partial charge in [-0.1, -0.05) is 29.8 Å². The van der Waals surface area contributed by atoms with E-state index >= 15 is 0 Å². The Morgan fingerprint density at radius 1 is 1.08 bits per heavy atom. The molecule has 0 spiro atoms. The van der Waals surface area contributed by atoms with Crippen molar-refractivity contribution in [2.45, 2.75) is 32.6 Å². The van der Waals surface area contributed by atoms with Crippen LogP contribution in [0, 0.1) is 12.8 Å². The first-order valence-corrected chi connectivity index (χ1v) is 9.34. The van der Waals surface area contributed by atoms with E-state index < -0.39 is 0 Å². The van der Waals surface area contributed by atoms with E-state index in [2.05, 4.69) is 46.6 Å². The maximum atomic E-state index is 12.8. The quantitative estimate of drug-likeness (QED) is 0.781. The van der Waals surface area contributed by atoms with Gasteiger partial charge in [-0.05, 0) is 62.3 Å². The predicted octanol–water partition coefficient (Wildman–Crippen LogP) is 3.75. The van der Waals surface area contributed by atoms with Crippen molar-refractivity contribution in [3.8, 4) is 0 Å². The smallest absolute Gasteiger partial charge is 0.253 e. The Labute approximate surface area is 153 Å². The zero-order valence-electron chi connectivity index (χ0n) is 15.1. The highest BCUT2D eigenvalue weighted by Gasteiger charge is 2.23. The lowest BCUT2D eigenvalue weighted by atomic mass is 9.90. The van der Waals surface area contributed by atoms with E-state index in [1.54, 1.807) is 0 Å². The van der Waals surface area contributed by atoms with E-state index in [9.17, 15) is 4.79 Å². The van der Waals surface area contributed by atoms with Crippen molar-refractivity contribution >= 4 is 16.9 Å². The lowest BCUT2D eigenvalue weighted by Crippen LogP contribution is -2.38. The van der Waals surface area contributed by atoms with Gasteiger partial charge < -0.3 is 4.90 Å². The van der Waals surface area contributed by atoms with Crippen LogP contribution >= 0.6 is 0 Å². The monoisotopic (exact) mass is 348 g/mol. The number of amides is 1. The van der Waals surface area contributed by atoms with Gasteiger partial charge in [0.05, 0.1) is 0 Å². The minimum Gasteiger partial charge on any atom is -0.339 e. The highest BCUT2D eigenvalue weighted by Crippen LogP contribution is 2.24. The number of carbonyl (C=O) groups is 1. The third kappa shape index (κ3) is 3.62. The number of H-pyrrole nitrogens is 1. The van der Waals surface area contributed by atoms with Crippen molar-refractivity contribution < 1.29 is 4.79 Å². The van der Waals surface area contributed by atoms with Crippen molar-refractivity contribution in [1.82, 2.24) is 20.3 Å². The van der Waals surface area contributed by atoms with E-state index in [4.69, 9.17) is 0 Å². The minimum atomic E-state index is 0.104. The number of aromatic nitrogens is 3. The number of carbonyl (C=O) groups excluding carboxylic acids is 1. The van der Waals surface area contributed by atoms with Crippen LogP contribution in [0.4, 0.5) is 0 Å². The Kier molecular flexibility index (Phi) is 4.69. The lowest BCUT2D eigenvalue weighted by molar-refractivity contribution is 0.0687. The second-order valence-electron chi connectivity index (χ2n) is 7.29. The number of likely N-dealkylation sites (tertiary alicyclic amines) is 1. The molecule has 1 aliphatic heterocycles. The normalized spacial score (nSPS) is 15.5. The summed E-state index contributed by atoms with van der Waals surface area (Å²) in [4.78, 5) is 14.7. The summed E-state index contributed by atoms with van der Waals surface area (Å²) in [5, 5.41) is 10.7. The molecular formula is C21H24N4O. The molecule has 1 aliphatic rings. The van der Waals surface area contributed by atoms with Crippen LogP contribution in [0.2, 0.25) is 0 Å². The largest absolute Gasteiger partial charge is 0.339 e. The molecular weight excluding hydrogens is 324 g/mol. The summed E-state index contributed by atoms with van der Waals surface area (Å²) < 4.78 is 0. The molecule has 2 aromatic carbocycles. The SMILES string of the molecule is Cc1ccc(CCC2CCN(C(=O)c3ccc4n[nH]nc4c3)CC2)cc1. The van der Waals surface area contributed by atoms with Crippen LogP contribution in [0.5, 0.6) is 0 Å². The molecule has 0 aliphatic carbocycles. The van der Waals surface area contributed by atoms with Crippen molar-refractivity contribution in [2.24, 2.45) is 5.92 Å². The number of nitrogens with zero attached hydrogens (tertiary/aromatic N) is 3. The fraction of sp³-hybridized carbons (Fsp3) is 0.381. The number of aryl methyl sites for hydroxylation is 2. The van der Waals surface area contributed by atoms with E-state index in [1.807, 2.05) is 23.1 Å². The highest BCUT2D eigenvalue weighted by atomic mass is 16.2. The van der Waals surface area contributed by atoms with Gasteiger partial charge in [-0.2, -0.15) is 15.4 Å². The third-order valence-corrected chi connectivity index (χ3v) is 5.43. The fourth-order valence-electron chi connectivity index (χ4n) is 3.71. The predicted molar refractivity (Wildman–Crippen MR) is 102 cm³/mol. The molecule has 0 saturated carbocycles. The van der Waals surface area contributed by atoms with Crippen LogP contribution in [-0.4, -0.2) is 39.3 Å². The Balaban J connectivity index is 1.31. The van der Waals surface area contributed by atoms with Crippen LogP contribution in [0.25, 0.3) is 11.0 Å². The number of hydrogen-bond acceptors (Lipinski definition) is 3. The van der Waals surface area contributed by atoms with Gasteiger partial charge in [-0.3, -0.25) is 4.79 Å². The molecule has 2 heterocycles. The minimum absolute atomic E-state index is 0.104. The summed E-state index contributed by atoms with van der Waals surface area (Å²) in [6.45, 7) is 3.80. The number of fused-ring (bicyclic) bond motifs is 1. The molecule has 1 N–H and O–H groups in total. The Bertz CT molecular complexity index is 892. The molecule has 134 valence electrons. The number of hydrogen-bond donors (Lipinski definition) is 1. The molecule has 4 rings (SSSR count). The maximum absolute atomic E-state index is 12.8. The molecule has 0 unspecified atom stereocenters. The Morgan fingerprint density at radius 3 is 2.58 bits per heavy atom. The average molecular weight is 348 g/mol. The standard InChI is InChI=1S/C21H24N4O/c1-15-2-4-16(5-3-15)6-7-17-10-12-25(13-11-17)21(26)18-8-9-19-20(14-18)23-24-22-19/h2-5,8-9,14,17H,6-7,10-13H2,1H3,(H,22,23,24). The Hall–Kier alpha value is -2.69. The highest BCUT2D eigenvalue weighted by molar-refractivity contribution is 5.97. The molecule has 1 aromatic heterocycles. The van der Waals surface area contributed by atoms with Gasteiger partial charge in [0.1, 0.15) is 11.0 Å². The summed E-state index contributed by atoms with van der Waals surface area (Å²) in [6.07, 6.45) is 4.51. The second-order valence-corrected chi connectivity index (χ2v) is 7.29. The molecule has 5 nitrogen and oxygen atoms in total. The summed E-state index contributed by atoms with van der Waals surface area (Å²) in [7, 11) is 0. The molecule has 1 fully saturated rings. The molecule has 1 saturated heterocycles. The van der Waals surface area contributed by atoms with Crippen molar-refractivity contribution in [1.29, 1.82) is 0 Å². The van der Waals surface area contributed by atoms with Gasteiger partial charge in [0, 0.05) is 18.7 Å². The first-order chi connectivity index (χ1) is 12.7. The van der Waals surface area contributed by atoms with Crippen LogP contribution in [0.15, 0.2) is 42.5 Å². The van der Waals surface area contributed by atoms with E-state index in [0.717, 1.165) is 43.4 Å². The Morgan fingerprint density at radius 2 is 1.81 bits per heavy atom. The first-order valence-electron chi connectivity index (χ1n) is 9.34. The summed E-state index contributed by atoms with van der Waals surface area (Å²) in [5.74, 6) is 0.810. The summed E-state index contributed by atoms with van der Waals surface area (Å²) in [5.41, 5.74) is 4.95. The molecule has 0 radical (unpaired) electrons. The molecule has 0 bridgehead atoms. The van der Waals surface area contributed by atoms with Gasteiger partial charge in [-0.25, -0.2) is 0 Å². The van der Waals surface area contributed by atoms with Crippen molar-refractivity contribution in [2.75, 3.05) is 13.1 Å². The molecule has 1 amide bonds. The maximum Gasteiger partial charge on any atom is 0.253 e. The van der Waals surface area contributed by atoms with Gasteiger partial charge in [0.15, 0.2) is 0 Å². The van der Waals surface area contributed by atoms with E-state index in [-0.39, 0.29) is 5.91 Å². The van der Waals surface area contributed by atoms with Crippen LogP contribution in [0.1, 0.15) is 40.7 Å². The molecule has 5 heteroatoms. The van der Waals surface area contributed by atoms with Gasteiger partial charge >= 0.3 is 0 Å². The van der Waals surface area contributed by atoms with Gasteiger partial charge in [0.25, 0.3) is 5.91 Å². The number of piperidine rings is 1. The average Bonchev–Trinajstić information content (AvgIpc) is 3.15. The zero-order valence-corrected chi connectivity index (χ0v) is 15.1. The number of nitrogens with one attached hydrogen (secondary N) is 1. The van der Waals surface area contributed by atoms with Crippen LogP contribution < -0.4 is 0 Å². The molecule has 3 aromatic rings. The molecule has 26 heavy (non-hydrogen) atoms. The lowest BCUT2D eigenvalue weighted by Gasteiger charge is -2.32. The number of benzene rings is 2. The fourth-order valence-corrected chi connectivity index (χ4v) is 3.71. The van der Waals surface area contributed by atoms with Crippen molar-refractivity contribution in [3.05, 3.63) is 59.2 Å². The zero-order chi connectivity index (χ0) is 17.9. The van der Waals surface area contributed by atoms with Crippen LogP contribution in [0.3, 0.4) is 0 Å². The van der Waals surface area contributed by atoms with Gasteiger partial charge in [-0.15, -0.1) is 0 Å². The molecule has 0 atom stereocenters. The topological polar surface area (TPSA) is 61.9 Å². The summed E-state index contributed by atoms with van der Waals surface area (Å²) in [6, 6.07) is 14.3. The summed E-state index contributed by atoms with van der Waals surface area (Å²) >= 11 is 0.